The monoisotopic (exact) mass is 414 g/mol. The van der Waals surface area contributed by atoms with Crippen LogP contribution in [0.1, 0.15) is 33.9 Å². The number of methoxy groups -OCH3 is 2. The number of para-hydroxylation sites is 1. The predicted molar refractivity (Wildman–Crippen MR) is 117 cm³/mol. The minimum atomic E-state index is -0.830. The molecule has 0 saturated carbocycles. The Morgan fingerprint density at radius 2 is 1.58 bits per heavy atom. The lowest BCUT2D eigenvalue weighted by molar-refractivity contribution is -0.00455. The molecule has 0 radical (unpaired) electrons. The van der Waals surface area contributed by atoms with Crippen LogP contribution in [-0.4, -0.2) is 37.0 Å². The van der Waals surface area contributed by atoms with E-state index in [0.717, 1.165) is 28.3 Å². The molecule has 5 rings (SSSR count). The number of carbonyl (C=O) groups is 1. The van der Waals surface area contributed by atoms with Crippen molar-refractivity contribution in [2.75, 3.05) is 14.2 Å². The molecule has 0 unspecified atom stereocenters. The summed E-state index contributed by atoms with van der Waals surface area (Å²) in [6, 6.07) is 22.7. The van der Waals surface area contributed by atoms with Gasteiger partial charge < -0.3 is 14.2 Å². The average Bonchev–Trinajstić information content (AvgIpc) is 3.29. The third-order valence-electron chi connectivity index (χ3n) is 5.72. The van der Waals surface area contributed by atoms with Crippen molar-refractivity contribution in [2.24, 2.45) is 5.10 Å². The fourth-order valence-corrected chi connectivity index (χ4v) is 4.06. The highest BCUT2D eigenvalue weighted by Crippen LogP contribution is 2.43. The van der Waals surface area contributed by atoms with E-state index in [1.165, 1.54) is 0 Å². The molecular formula is C25H22N2O4. The van der Waals surface area contributed by atoms with Gasteiger partial charge in [-0.25, -0.2) is 5.01 Å². The van der Waals surface area contributed by atoms with Crippen molar-refractivity contribution < 1.29 is 19.0 Å². The second-order valence-electron chi connectivity index (χ2n) is 7.48. The number of fused-ring (bicyclic) bond motifs is 3. The van der Waals surface area contributed by atoms with Crippen molar-refractivity contribution in [2.45, 2.75) is 18.7 Å². The van der Waals surface area contributed by atoms with E-state index in [1.807, 2.05) is 48.5 Å². The molecule has 2 aliphatic heterocycles. The molecular weight excluding hydrogens is 392 g/mol. The average molecular weight is 414 g/mol. The third kappa shape index (κ3) is 3.40. The SMILES string of the molecule is COc1ccc(C(=O)[C@H]2Oc3ccccc3[C@@H]3CC(c4ccc(OC)cc4)=NN23)cc1. The Hall–Kier alpha value is -3.80. The van der Waals surface area contributed by atoms with Gasteiger partial charge in [0.15, 0.2) is 0 Å². The zero-order valence-corrected chi connectivity index (χ0v) is 17.3. The van der Waals surface area contributed by atoms with Crippen molar-refractivity contribution in [3.63, 3.8) is 0 Å². The molecule has 0 aliphatic carbocycles. The molecule has 3 aromatic rings. The van der Waals surface area contributed by atoms with Gasteiger partial charge in [0.05, 0.1) is 26.0 Å². The summed E-state index contributed by atoms with van der Waals surface area (Å²) in [5.41, 5.74) is 3.51. The van der Waals surface area contributed by atoms with E-state index in [2.05, 4.69) is 0 Å². The summed E-state index contributed by atoms with van der Waals surface area (Å²) >= 11 is 0. The Balaban J connectivity index is 1.51. The molecule has 0 bridgehead atoms. The molecule has 156 valence electrons. The van der Waals surface area contributed by atoms with E-state index < -0.39 is 6.23 Å². The van der Waals surface area contributed by atoms with Crippen molar-refractivity contribution in [1.82, 2.24) is 5.01 Å². The number of hydrazone groups is 1. The van der Waals surface area contributed by atoms with Crippen LogP contribution in [0.3, 0.4) is 0 Å². The fraction of sp³-hybridized carbons (Fsp3) is 0.200. The van der Waals surface area contributed by atoms with Crippen LogP contribution in [0.15, 0.2) is 77.9 Å². The van der Waals surface area contributed by atoms with E-state index in [4.69, 9.17) is 19.3 Å². The lowest BCUT2D eigenvalue weighted by Gasteiger charge is -2.37. The van der Waals surface area contributed by atoms with Gasteiger partial charge in [0, 0.05) is 17.5 Å². The fourth-order valence-electron chi connectivity index (χ4n) is 4.06. The summed E-state index contributed by atoms with van der Waals surface area (Å²) < 4.78 is 16.6. The molecule has 31 heavy (non-hydrogen) atoms. The maximum absolute atomic E-state index is 13.4. The first-order valence-electron chi connectivity index (χ1n) is 10.1. The van der Waals surface area contributed by atoms with E-state index in [-0.39, 0.29) is 11.8 Å². The lowest BCUT2D eigenvalue weighted by Crippen LogP contribution is -2.45. The smallest absolute Gasteiger partial charge is 0.251 e. The van der Waals surface area contributed by atoms with E-state index in [9.17, 15) is 4.79 Å². The number of hydrogen-bond acceptors (Lipinski definition) is 6. The lowest BCUT2D eigenvalue weighted by atomic mass is 9.96. The summed E-state index contributed by atoms with van der Waals surface area (Å²) in [5.74, 6) is 2.08. The van der Waals surface area contributed by atoms with Crippen LogP contribution >= 0.6 is 0 Å². The number of ether oxygens (including phenoxy) is 3. The normalized spacial score (nSPS) is 19.0. The van der Waals surface area contributed by atoms with Crippen LogP contribution in [0.2, 0.25) is 0 Å². The maximum atomic E-state index is 13.4. The highest BCUT2D eigenvalue weighted by Gasteiger charge is 2.43. The minimum absolute atomic E-state index is 0.0609. The molecule has 0 spiro atoms. The van der Waals surface area contributed by atoms with Crippen LogP contribution in [0.4, 0.5) is 0 Å². The number of rotatable bonds is 5. The van der Waals surface area contributed by atoms with Gasteiger partial charge in [0.25, 0.3) is 6.23 Å². The summed E-state index contributed by atoms with van der Waals surface area (Å²) in [4.78, 5) is 13.4. The standard InChI is InChI=1S/C25H22N2O4/c1-29-18-11-7-16(8-12-18)21-15-22-20-5-3-4-6-23(20)31-25(27(22)26-21)24(28)17-9-13-19(30-2)14-10-17/h3-14,22,25H,15H2,1-2H3/t22-,25+/m0/s1. The van der Waals surface area contributed by atoms with Crippen molar-refractivity contribution in [3.05, 3.63) is 89.5 Å². The van der Waals surface area contributed by atoms with Gasteiger partial charge in [-0.15, -0.1) is 0 Å². The van der Waals surface area contributed by atoms with Crippen LogP contribution in [0.5, 0.6) is 17.2 Å². The van der Waals surface area contributed by atoms with Crippen molar-refractivity contribution in [1.29, 1.82) is 0 Å². The Labute approximate surface area is 180 Å². The Morgan fingerprint density at radius 3 is 2.26 bits per heavy atom. The van der Waals surface area contributed by atoms with Crippen LogP contribution in [0.25, 0.3) is 0 Å². The number of ketones is 1. The van der Waals surface area contributed by atoms with Crippen LogP contribution in [-0.2, 0) is 0 Å². The molecule has 6 heteroatoms. The largest absolute Gasteiger partial charge is 0.497 e. The van der Waals surface area contributed by atoms with Crippen molar-refractivity contribution >= 4 is 11.5 Å². The number of nitrogens with zero attached hydrogens (tertiary/aromatic N) is 2. The molecule has 0 N–H and O–H groups in total. The molecule has 3 aromatic carbocycles. The van der Waals surface area contributed by atoms with Gasteiger partial charge in [0.1, 0.15) is 17.2 Å². The van der Waals surface area contributed by atoms with E-state index in [1.54, 1.807) is 43.5 Å². The zero-order valence-electron chi connectivity index (χ0n) is 17.3. The van der Waals surface area contributed by atoms with Gasteiger partial charge >= 0.3 is 0 Å². The first kappa shape index (κ1) is 19.2. The quantitative estimate of drug-likeness (QED) is 0.577. The van der Waals surface area contributed by atoms with Gasteiger partial charge in [-0.2, -0.15) is 5.10 Å². The molecule has 2 heterocycles. The summed E-state index contributed by atoms with van der Waals surface area (Å²) in [5, 5.41) is 6.64. The predicted octanol–water partition coefficient (Wildman–Crippen LogP) is 4.46. The third-order valence-corrected chi connectivity index (χ3v) is 5.72. The number of hydrogen-bond donors (Lipinski definition) is 0. The van der Waals surface area contributed by atoms with Crippen LogP contribution < -0.4 is 14.2 Å². The maximum Gasteiger partial charge on any atom is 0.251 e. The molecule has 6 nitrogen and oxygen atoms in total. The first-order valence-corrected chi connectivity index (χ1v) is 10.1. The number of benzene rings is 3. The highest BCUT2D eigenvalue weighted by molar-refractivity contribution is 6.03. The highest BCUT2D eigenvalue weighted by atomic mass is 16.5. The second-order valence-corrected chi connectivity index (χ2v) is 7.48. The number of Topliss-reactive ketones (excluding diaryl/α,β-unsaturated/α-hetero) is 1. The van der Waals surface area contributed by atoms with Gasteiger partial charge in [-0.1, -0.05) is 18.2 Å². The Bertz CT molecular complexity index is 1140. The minimum Gasteiger partial charge on any atom is -0.497 e. The summed E-state index contributed by atoms with van der Waals surface area (Å²) in [6.07, 6.45) is -0.136. The van der Waals surface area contributed by atoms with E-state index >= 15 is 0 Å². The van der Waals surface area contributed by atoms with Crippen LogP contribution in [0, 0.1) is 0 Å². The topological polar surface area (TPSA) is 60.4 Å². The van der Waals surface area contributed by atoms with Gasteiger partial charge in [0.2, 0.25) is 5.78 Å². The van der Waals surface area contributed by atoms with Gasteiger partial charge in [-0.3, -0.25) is 4.79 Å². The van der Waals surface area contributed by atoms with E-state index in [0.29, 0.717) is 17.7 Å². The Kier molecular flexibility index (Phi) is 4.82. The molecule has 0 aromatic heterocycles. The number of carbonyl (C=O) groups excluding carboxylic acids is 1. The Morgan fingerprint density at radius 1 is 0.935 bits per heavy atom. The molecule has 0 amide bonds. The summed E-state index contributed by atoms with van der Waals surface area (Å²) in [7, 11) is 3.24. The first-order chi connectivity index (χ1) is 15.2. The molecule has 2 aliphatic rings. The molecule has 0 fully saturated rings. The molecule has 0 saturated heterocycles. The zero-order chi connectivity index (χ0) is 21.4. The van der Waals surface area contributed by atoms with Gasteiger partial charge in [-0.05, 0) is 60.2 Å². The van der Waals surface area contributed by atoms with Crippen molar-refractivity contribution in [3.8, 4) is 17.2 Å². The summed E-state index contributed by atoms with van der Waals surface area (Å²) in [6.45, 7) is 0. The second kappa shape index (κ2) is 7.80. The molecule has 2 atom stereocenters.